The Kier molecular flexibility index (Phi) is 6.07. The summed E-state index contributed by atoms with van der Waals surface area (Å²) in [5.41, 5.74) is 0.339. The molecule has 0 bridgehead atoms. The summed E-state index contributed by atoms with van der Waals surface area (Å²) in [7, 11) is 1.93. The molecule has 1 rings (SSSR count). The predicted molar refractivity (Wildman–Crippen MR) is 71.6 cm³/mol. The Morgan fingerprint density at radius 2 is 2.11 bits per heavy atom. The molecule has 1 aromatic heterocycles. The molecule has 0 spiro atoms. The van der Waals surface area contributed by atoms with Crippen LogP contribution in [0.15, 0.2) is 12.1 Å². The van der Waals surface area contributed by atoms with E-state index >= 15 is 0 Å². The number of amides is 1. The summed E-state index contributed by atoms with van der Waals surface area (Å²) in [5.74, 6) is 0.992. The molecule has 1 aromatic rings. The second-order valence-corrected chi connectivity index (χ2v) is 4.21. The molecular formula is C12H21N5O. The number of anilines is 1. The van der Waals surface area contributed by atoms with Crippen LogP contribution in [0.3, 0.4) is 0 Å². The smallest absolute Gasteiger partial charge is 0.271 e. The van der Waals surface area contributed by atoms with Gasteiger partial charge in [-0.25, -0.2) is 0 Å². The maximum absolute atomic E-state index is 11.5. The Bertz CT molecular complexity index is 365. The molecule has 100 valence electrons. The van der Waals surface area contributed by atoms with Gasteiger partial charge >= 0.3 is 0 Å². The van der Waals surface area contributed by atoms with Crippen LogP contribution in [0.25, 0.3) is 0 Å². The second kappa shape index (κ2) is 7.60. The molecule has 1 atom stereocenters. The number of nitrogens with zero attached hydrogens (tertiary/aromatic N) is 2. The maximum Gasteiger partial charge on any atom is 0.271 e. The number of carbonyl (C=O) groups excluding carboxylic acids is 1. The summed E-state index contributed by atoms with van der Waals surface area (Å²) >= 11 is 0. The van der Waals surface area contributed by atoms with Crippen LogP contribution in [0.1, 0.15) is 24.3 Å². The van der Waals surface area contributed by atoms with Gasteiger partial charge in [-0.05, 0) is 38.6 Å². The van der Waals surface area contributed by atoms with E-state index in [0.29, 0.717) is 24.0 Å². The lowest BCUT2D eigenvalue weighted by Gasteiger charge is -2.11. The minimum absolute atomic E-state index is 0.194. The van der Waals surface area contributed by atoms with Gasteiger partial charge in [-0.2, -0.15) is 0 Å². The van der Waals surface area contributed by atoms with E-state index in [9.17, 15) is 4.79 Å². The molecule has 0 fully saturated rings. The van der Waals surface area contributed by atoms with Crippen LogP contribution >= 0.6 is 0 Å². The first-order valence-corrected chi connectivity index (χ1v) is 6.17. The van der Waals surface area contributed by atoms with Gasteiger partial charge in [-0.1, -0.05) is 6.92 Å². The number of hydrogen-bond acceptors (Lipinski definition) is 5. The fraction of sp³-hybridized carbons (Fsp3) is 0.583. The van der Waals surface area contributed by atoms with Crippen molar-refractivity contribution in [3.05, 3.63) is 17.8 Å². The van der Waals surface area contributed by atoms with E-state index in [1.807, 2.05) is 14.0 Å². The average molecular weight is 251 g/mol. The van der Waals surface area contributed by atoms with Gasteiger partial charge in [0.1, 0.15) is 5.82 Å². The topological polar surface area (TPSA) is 78.9 Å². The first kappa shape index (κ1) is 14.4. The third-order valence-electron chi connectivity index (χ3n) is 2.42. The fourth-order valence-corrected chi connectivity index (χ4v) is 1.50. The second-order valence-electron chi connectivity index (χ2n) is 4.21. The maximum atomic E-state index is 11.5. The molecule has 0 radical (unpaired) electrons. The molecule has 0 aromatic carbocycles. The van der Waals surface area contributed by atoms with Crippen LogP contribution in [0.5, 0.6) is 0 Å². The summed E-state index contributed by atoms with van der Waals surface area (Å²) in [4.78, 5) is 11.5. The van der Waals surface area contributed by atoms with E-state index in [4.69, 9.17) is 0 Å². The van der Waals surface area contributed by atoms with Gasteiger partial charge in [0, 0.05) is 13.1 Å². The van der Waals surface area contributed by atoms with Crippen molar-refractivity contribution in [2.45, 2.75) is 13.8 Å². The standard InChI is InChI=1S/C12H21N5O/c1-4-14-12(18)10-5-6-11(17-16-10)15-8-9(2)7-13-3/h5-6,9,13H,4,7-8H2,1-3H3,(H,14,18)(H,15,17). The van der Waals surface area contributed by atoms with Crippen molar-refractivity contribution in [2.75, 3.05) is 32.0 Å². The van der Waals surface area contributed by atoms with Gasteiger partial charge in [0.15, 0.2) is 5.69 Å². The molecule has 1 heterocycles. The molecule has 18 heavy (non-hydrogen) atoms. The third kappa shape index (κ3) is 4.67. The van der Waals surface area contributed by atoms with Gasteiger partial charge < -0.3 is 16.0 Å². The predicted octanol–water partition coefficient (Wildman–Crippen LogP) is 0.494. The molecule has 6 heteroatoms. The lowest BCUT2D eigenvalue weighted by atomic mass is 10.2. The highest BCUT2D eigenvalue weighted by molar-refractivity contribution is 5.92. The Morgan fingerprint density at radius 1 is 1.33 bits per heavy atom. The highest BCUT2D eigenvalue weighted by Crippen LogP contribution is 2.03. The van der Waals surface area contributed by atoms with Crippen molar-refractivity contribution in [3.8, 4) is 0 Å². The van der Waals surface area contributed by atoms with Gasteiger partial charge in [-0.3, -0.25) is 4.79 Å². The quantitative estimate of drug-likeness (QED) is 0.657. The van der Waals surface area contributed by atoms with Crippen molar-refractivity contribution in [1.82, 2.24) is 20.8 Å². The highest BCUT2D eigenvalue weighted by atomic mass is 16.1. The lowest BCUT2D eigenvalue weighted by Crippen LogP contribution is -2.25. The van der Waals surface area contributed by atoms with E-state index in [-0.39, 0.29) is 5.91 Å². The molecule has 0 aliphatic rings. The molecule has 0 saturated carbocycles. The Hall–Kier alpha value is -1.69. The van der Waals surface area contributed by atoms with Gasteiger partial charge in [0.05, 0.1) is 0 Å². The number of rotatable bonds is 7. The Labute approximate surface area is 108 Å². The van der Waals surface area contributed by atoms with Crippen molar-refractivity contribution in [1.29, 1.82) is 0 Å². The minimum atomic E-state index is -0.194. The zero-order valence-electron chi connectivity index (χ0n) is 11.2. The molecule has 1 unspecified atom stereocenters. The normalized spacial score (nSPS) is 11.9. The van der Waals surface area contributed by atoms with Crippen molar-refractivity contribution in [3.63, 3.8) is 0 Å². The first-order chi connectivity index (χ1) is 8.67. The summed E-state index contributed by atoms with van der Waals surface area (Å²) in [5, 5.41) is 16.8. The van der Waals surface area contributed by atoms with Crippen molar-refractivity contribution >= 4 is 11.7 Å². The van der Waals surface area contributed by atoms with E-state index in [2.05, 4.69) is 33.1 Å². The number of carbonyl (C=O) groups is 1. The number of aromatic nitrogens is 2. The zero-order chi connectivity index (χ0) is 13.4. The molecule has 0 aliphatic carbocycles. The third-order valence-corrected chi connectivity index (χ3v) is 2.42. The summed E-state index contributed by atoms with van der Waals surface area (Å²) in [6.45, 7) is 6.35. The van der Waals surface area contributed by atoms with E-state index in [1.165, 1.54) is 0 Å². The minimum Gasteiger partial charge on any atom is -0.368 e. The van der Waals surface area contributed by atoms with Gasteiger partial charge in [0.25, 0.3) is 5.91 Å². The van der Waals surface area contributed by atoms with E-state index in [1.54, 1.807) is 12.1 Å². The summed E-state index contributed by atoms with van der Waals surface area (Å²) in [6, 6.07) is 3.44. The summed E-state index contributed by atoms with van der Waals surface area (Å²) < 4.78 is 0. The van der Waals surface area contributed by atoms with Crippen molar-refractivity contribution < 1.29 is 4.79 Å². The van der Waals surface area contributed by atoms with Crippen molar-refractivity contribution in [2.24, 2.45) is 5.92 Å². The van der Waals surface area contributed by atoms with Crippen LogP contribution in [-0.2, 0) is 0 Å². The number of hydrogen-bond donors (Lipinski definition) is 3. The molecule has 6 nitrogen and oxygen atoms in total. The van der Waals surface area contributed by atoms with E-state index in [0.717, 1.165) is 13.1 Å². The van der Waals surface area contributed by atoms with Gasteiger partial charge in [-0.15, -0.1) is 10.2 Å². The zero-order valence-corrected chi connectivity index (χ0v) is 11.2. The number of nitrogens with one attached hydrogen (secondary N) is 3. The van der Waals surface area contributed by atoms with Crippen LogP contribution < -0.4 is 16.0 Å². The molecule has 1 amide bonds. The fourth-order valence-electron chi connectivity index (χ4n) is 1.50. The Balaban J connectivity index is 2.47. The molecule has 3 N–H and O–H groups in total. The SMILES string of the molecule is CCNC(=O)c1ccc(NCC(C)CNC)nn1. The lowest BCUT2D eigenvalue weighted by molar-refractivity contribution is 0.0950. The van der Waals surface area contributed by atoms with Crippen LogP contribution in [0, 0.1) is 5.92 Å². The average Bonchev–Trinajstić information content (AvgIpc) is 2.37. The summed E-state index contributed by atoms with van der Waals surface area (Å²) in [6.07, 6.45) is 0. The Morgan fingerprint density at radius 3 is 2.67 bits per heavy atom. The molecule has 0 saturated heterocycles. The highest BCUT2D eigenvalue weighted by Gasteiger charge is 2.07. The molecule has 0 aliphatic heterocycles. The van der Waals surface area contributed by atoms with Crippen LogP contribution in [0.4, 0.5) is 5.82 Å². The monoisotopic (exact) mass is 251 g/mol. The van der Waals surface area contributed by atoms with Crippen LogP contribution in [0.2, 0.25) is 0 Å². The largest absolute Gasteiger partial charge is 0.368 e. The first-order valence-electron chi connectivity index (χ1n) is 6.17. The van der Waals surface area contributed by atoms with Crippen LogP contribution in [-0.4, -0.2) is 42.8 Å². The van der Waals surface area contributed by atoms with Gasteiger partial charge in [0.2, 0.25) is 0 Å². The van der Waals surface area contributed by atoms with E-state index < -0.39 is 0 Å². The molecular weight excluding hydrogens is 230 g/mol.